The average molecular weight is 458 g/mol. The second-order valence-corrected chi connectivity index (χ2v) is 8.49. The number of anilines is 1. The van der Waals surface area contributed by atoms with Gasteiger partial charge in [-0.25, -0.2) is 13.8 Å². The fourth-order valence-corrected chi connectivity index (χ4v) is 4.64. The van der Waals surface area contributed by atoms with Gasteiger partial charge < -0.3 is 24.6 Å². The van der Waals surface area contributed by atoms with Crippen molar-refractivity contribution in [1.82, 2.24) is 25.1 Å². The zero-order valence-corrected chi connectivity index (χ0v) is 18.2. The molecule has 5 rings (SSSR count). The van der Waals surface area contributed by atoms with Crippen molar-refractivity contribution in [2.45, 2.75) is 44.2 Å². The van der Waals surface area contributed by atoms with Crippen molar-refractivity contribution in [2.75, 3.05) is 25.2 Å². The van der Waals surface area contributed by atoms with E-state index in [1.54, 1.807) is 18.9 Å². The number of aryl methyl sites for hydroxylation is 1. The van der Waals surface area contributed by atoms with E-state index in [2.05, 4.69) is 20.5 Å². The van der Waals surface area contributed by atoms with Crippen molar-refractivity contribution in [3.8, 4) is 17.1 Å². The Bertz CT molecular complexity index is 1250. The summed E-state index contributed by atoms with van der Waals surface area (Å²) in [6.45, 7) is 2.90. The molecule has 2 saturated heterocycles. The van der Waals surface area contributed by atoms with Crippen LogP contribution < -0.4 is 15.8 Å². The maximum Gasteiger partial charge on any atom is 0.258 e. The zero-order chi connectivity index (χ0) is 23.3. The summed E-state index contributed by atoms with van der Waals surface area (Å²) in [7, 11) is 1.74. The third kappa shape index (κ3) is 3.70. The molecule has 2 aliphatic rings. The number of nitrogens with zero attached hydrogens (tertiary/aromatic N) is 5. The maximum absolute atomic E-state index is 15.0. The highest BCUT2D eigenvalue weighted by Crippen LogP contribution is 2.32. The van der Waals surface area contributed by atoms with Gasteiger partial charge in [-0.3, -0.25) is 4.79 Å². The molecule has 0 radical (unpaired) electrons. The number of alkyl halides is 1. The molecule has 174 valence electrons. The summed E-state index contributed by atoms with van der Waals surface area (Å²) < 4.78 is 36.3. The monoisotopic (exact) mass is 458 g/mol. The number of piperidine rings is 1. The standard InChI is InChI=1S/C22H24F2N6O3/c1-3-30-8-15(23)12-5-14(18(31)6-13(12)22(30)32)21-25-7-19(27-28-21)29(2)17-4-11-9-33-10-16(26-11)20(17)24/h5-8,11,16-17,20,26,31H,3-4,9-10H2,1-2H3/t11?,16?,17-,20+/m0/s1. The maximum atomic E-state index is 15.0. The van der Waals surface area contributed by atoms with E-state index in [-0.39, 0.29) is 40.0 Å². The quantitative estimate of drug-likeness (QED) is 0.608. The predicted octanol–water partition coefficient (Wildman–Crippen LogP) is 1.62. The predicted molar refractivity (Wildman–Crippen MR) is 118 cm³/mol. The van der Waals surface area contributed by atoms with Crippen LogP contribution in [-0.2, 0) is 11.3 Å². The summed E-state index contributed by atoms with van der Waals surface area (Å²) in [4.78, 5) is 18.5. The molecule has 2 fully saturated rings. The fourth-order valence-electron chi connectivity index (χ4n) is 4.64. The second kappa shape index (κ2) is 8.31. The Hall–Kier alpha value is -3.18. The van der Waals surface area contributed by atoms with Gasteiger partial charge in [0.15, 0.2) is 11.6 Å². The Labute approximate surface area is 188 Å². The molecule has 11 heteroatoms. The summed E-state index contributed by atoms with van der Waals surface area (Å²) in [5.41, 5.74) is -0.252. The van der Waals surface area contributed by atoms with E-state index in [0.29, 0.717) is 32.0 Å². The largest absolute Gasteiger partial charge is 0.507 e. The second-order valence-electron chi connectivity index (χ2n) is 8.49. The summed E-state index contributed by atoms with van der Waals surface area (Å²) in [6, 6.07) is 1.86. The number of morpholine rings is 1. The van der Waals surface area contributed by atoms with Gasteiger partial charge in [-0.05, 0) is 25.5 Å². The van der Waals surface area contributed by atoms with Gasteiger partial charge in [0.2, 0.25) is 0 Å². The average Bonchev–Trinajstić information content (AvgIpc) is 2.83. The molecule has 4 heterocycles. The van der Waals surface area contributed by atoms with Crippen molar-refractivity contribution in [3.63, 3.8) is 0 Å². The van der Waals surface area contributed by atoms with E-state index in [0.717, 1.165) is 6.20 Å². The molecule has 0 aliphatic carbocycles. The topological polar surface area (TPSA) is 105 Å². The van der Waals surface area contributed by atoms with E-state index in [1.165, 1.54) is 22.9 Å². The number of phenols is 1. The van der Waals surface area contributed by atoms with Gasteiger partial charge >= 0.3 is 0 Å². The van der Waals surface area contributed by atoms with Gasteiger partial charge in [-0.2, -0.15) is 0 Å². The van der Waals surface area contributed by atoms with Crippen molar-refractivity contribution >= 4 is 16.6 Å². The summed E-state index contributed by atoms with van der Waals surface area (Å²) in [5, 5.41) is 22.1. The van der Waals surface area contributed by atoms with Crippen molar-refractivity contribution < 1.29 is 18.6 Å². The number of phenolic OH excluding ortho intramolecular Hbond substituents is 1. The Morgan fingerprint density at radius 2 is 2.12 bits per heavy atom. The van der Waals surface area contributed by atoms with Gasteiger partial charge in [0, 0.05) is 31.2 Å². The van der Waals surface area contributed by atoms with Crippen LogP contribution in [0.4, 0.5) is 14.6 Å². The van der Waals surface area contributed by atoms with E-state index in [4.69, 9.17) is 4.74 Å². The van der Waals surface area contributed by atoms with Crippen LogP contribution >= 0.6 is 0 Å². The minimum atomic E-state index is -1.15. The SMILES string of the molecule is CCn1cc(F)c2cc(-c3ncc(N(C)[C@H]4CC5COCC(N5)[C@H]4F)nn3)c(O)cc2c1=O. The third-order valence-electron chi connectivity index (χ3n) is 6.49. The first-order valence-corrected chi connectivity index (χ1v) is 10.8. The number of hydrogen-bond donors (Lipinski definition) is 2. The van der Waals surface area contributed by atoms with E-state index >= 15 is 0 Å². The van der Waals surface area contributed by atoms with E-state index in [1.807, 2.05) is 0 Å². The summed E-state index contributed by atoms with van der Waals surface area (Å²) in [6.07, 6.45) is 1.98. The molecule has 2 aromatic heterocycles. The van der Waals surface area contributed by atoms with Crippen LogP contribution in [0, 0.1) is 5.82 Å². The number of benzene rings is 1. The molecular formula is C22H24F2N6O3. The molecule has 3 aromatic rings. The molecule has 9 nitrogen and oxygen atoms in total. The van der Waals surface area contributed by atoms with Crippen LogP contribution in [0.25, 0.3) is 22.2 Å². The number of pyridine rings is 1. The molecule has 4 atom stereocenters. The number of rotatable bonds is 4. The van der Waals surface area contributed by atoms with Crippen molar-refractivity contribution in [3.05, 3.63) is 40.7 Å². The van der Waals surface area contributed by atoms with Gasteiger partial charge in [-0.1, -0.05) is 0 Å². The lowest BCUT2D eigenvalue weighted by Crippen LogP contribution is -2.65. The smallest absolute Gasteiger partial charge is 0.258 e. The van der Waals surface area contributed by atoms with Gasteiger partial charge in [0.1, 0.15) is 17.7 Å². The Kier molecular flexibility index (Phi) is 5.45. The number of fused-ring (bicyclic) bond motifs is 3. The first-order chi connectivity index (χ1) is 15.9. The molecule has 0 spiro atoms. The fraction of sp³-hybridized carbons (Fsp3) is 0.455. The van der Waals surface area contributed by atoms with Crippen LogP contribution in [0.2, 0.25) is 0 Å². The normalized spacial score (nSPS) is 24.7. The van der Waals surface area contributed by atoms with E-state index < -0.39 is 23.6 Å². The first-order valence-electron chi connectivity index (χ1n) is 10.8. The van der Waals surface area contributed by atoms with Crippen LogP contribution in [0.3, 0.4) is 0 Å². The van der Waals surface area contributed by atoms with E-state index in [9.17, 15) is 18.7 Å². The lowest BCUT2D eigenvalue weighted by atomic mass is 9.90. The third-order valence-corrected chi connectivity index (χ3v) is 6.49. The minimum absolute atomic E-state index is 0.0611. The molecule has 2 unspecified atom stereocenters. The van der Waals surface area contributed by atoms with Crippen LogP contribution in [0.5, 0.6) is 5.75 Å². The number of halogens is 2. The molecule has 2 bridgehead atoms. The highest BCUT2D eigenvalue weighted by Gasteiger charge is 2.42. The number of ether oxygens (including phenoxy) is 1. The number of aromatic nitrogens is 4. The van der Waals surface area contributed by atoms with Crippen molar-refractivity contribution in [1.29, 1.82) is 0 Å². The number of aromatic hydroxyl groups is 1. The molecule has 1 aromatic carbocycles. The Balaban J connectivity index is 1.45. The highest BCUT2D eigenvalue weighted by atomic mass is 19.1. The van der Waals surface area contributed by atoms with Crippen molar-refractivity contribution in [2.24, 2.45) is 0 Å². The van der Waals surface area contributed by atoms with Gasteiger partial charge in [-0.15, -0.1) is 10.2 Å². The lowest BCUT2D eigenvalue weighted by Gasteiger charge is -2.45. The Morgan fingerprint density at radius 1 is 1.30 bits per heavy atom. The molecular weight excluding hydrogens is 434 g/mol. The van der Waals surface area contributed by atoms with Crippen LogP contribution in [0.1, 0.15) is 13.3 Å². The minimum Gasteiger partial charge on any atom is -0.507 e. The van der Waals surface area contributed by atoms with Crippen LogP contribution in [0.15, 0.2) is 29.3 Å². The number of hydrogen-bond acceptors (Lipinski definition) is 8. The summed E-state index contributed by atoms with van der Waals surface area (Å²) >= 11 is 0. The molecule has 33 heavy (non-hydrogen) atoms. The van der Waals surface area contributed by atoms with Gasteiger partial charge in [0.05, 0.1) is 42.4 Å². The Morgan fingerprint density at radius 3 is 2.85 bits per heavy atom. The highest BCUT2D eigenvalue weighted by molar-refractivity contribution is 5.89. The molecule has 0 amide bonds. The zero-order valence-electron chi connectivity index (χ0n) is 18.2. The molecule has 2 aliphatic heterocycles. The van der Waals surface area contributed by atoms with Crippen LogP contribution in [-0.4, -0.2) is 69.4 Å². The summed E-state index contributed by atoms with van der Waals surface area (Å²) in [5.74, 6) is -0.403. The number of nitrogens with one attached hydrogen (secondary N) is 1. The first kappa shape index (κ1) is 21.7. The van der Waals surface area contributed by atoms with Gasteiger partial charge in [0.25, 0.3) is 5.56 Å². The molecule has 0 saturated carbocycles. The molecule has 2 N–H and O–H groups in total. The lowest BCUT2D eigenvalue weighted by molar-refractivity contribution is -0.0175.